The van der Waals surface area contributed by atoms with Gasteiger partial charge in [-0.3, -0.25) is 4.79 Å². The molecule has 2 rings (SSSR count). The van der Waals surface area contributed by atoms with Crippen molar-refractivity contribution in [2.75, 3.05) is 13.2 Å². The Labute approximate surface area is 120 Å². The summed E-state index contributed by atoms with van der Waals surface area (Å²) in [4.78, 5) is 15.1. The van der Waals surface area contributed by atoms with Crippen LogP contribution in [-0.2, 0) is 11.2 Å². The average Bonchev–Trinajstić information content (AvgIpc) is 2.45. The van der Waals surface area contributed by atoms with Crippen molar-refractivity contribution in [1.29, 1.82) is 0 Å². The van der Waals surface area contributed by atoms with Gasteiger partial charge in [0, 0.05) is 29.7 Å². The lowest BCUT2D eigenvalue weighted by atomic mass is 10.00. The van der Waals surface area contributed by atoms with Crippen LogP contribution in [0.3, 0.4) is 0 Å². The molecule has 0 bridgehead atoms. The molecule has 1 heterocycles. The highest BCUT2D eigenvalue weighted by Crippen LogP contribution is 2.18. The summed E-state index contributed by atoms with van der Waals surface area (Å²) in [6.07, 6.45) is 4.05. The Bertz CT molecular complexity index is 616. The van der Waals surface area contributed by atoms with E-state index in [0.29, 0.717) is 0 Å². The molecule has 1 N–H and O–H groups in total. The Morgan fingerprint density at radius 1 is 1.15 bits per heavy atom. The van der Waals surface area contributed by atoms with Crippen LogP contribution in [0.4, 0.5) is 0 Å². The quantitative estimate of drug-likeness (QED) is 0.783. The molecule has 0 amide bonds. The maximum Gasteiger partial charge on any atom is 0.251 e. The SMILES string of the molecule is CCOCCCCCc1c(C)c2ccccc2[nH]c1=O. The molecule has 3 nitrogen and oxygen atoms in total. The van der Waals surface area contributed by atoms with Crippen molar-refractivity contribution in [3.05, 3.63) is 45.7 Å². The first-order chi connectivity index (χ1) is 9.74. The third-order valence-electron chi connectivity index (χ3n) is 3.73. The number of hydrogen-bond acceptors (Lipinski definition) is 2. The summed E-state index contributed by atoms with van der Waals surface area (Å²) in [5.74, 6) is 0. The molecule has 108 valence electrons. The second-order valence-electron chi connectivity index (χ2n) is 5.11. The maximum absolute atomic E-state index is 12.1. The monoisotopic (exact) mass is 273 g/mol. The van der Waals surface area contributed by atoms with Crippen LogP contribution in [0.1, 0.15) is 37.3 Å². The van der Waals surface area contributed by atoms with Crippen molar-refractivity contribution in [3.8, 4) is 0 Å². The molecule has 0 spiro atoms. The summed E-state index contributed by atoms with van der Waals surface area (Å²) < 4.78 is 5.32. The van der Waals surface area contributed by atoms with Crippen LogP contribution < -0.4 is 5.56 Å². The minimum Gasteiger partial charge on any atom is -0.382 e. The molecular weight excluding hydrogens is 250 g/mol. The summed E-state index contributed by atoms with van der Waals surface area (Å²) in [5.41, 5.74) is 3.04. The number of rotatable bonds is 7. The third-order valence-corrected chi connectivity index (χ3v) is 3.73. The number of H-pyrrole nitrogens is 1. The van der Waals surface area contributed by atoms with Crippen LogP contribution in [-0.4, -0.2) is 18.2 Å². The normalized spacial score (nSPS) is 11.1. The summed E-state index contributed by atoms with van der Waals surface area (Å²) in [7, 11) is 0. The molecule has 3 heteroatoms. The number of ether oxygens (including phenoxy) is 1. The van der Waals surface area contributed by atoms with E-state index in [-0.39, 0.29) is 5.56 Å². The van der Waals surface area contributed by atoms with Crippen LogP contribution in [0.5, 0.6) is 0 Å². The first kappa shape index (κ1) is 14.8. The Balaban J connectivity index is 2.05. The zero-order valence-electron chi connectivity index (χ0n) is 12.4. The van der Waals surface area contributed by atoms with Gasteiger partial charge in [-0.2, -0.15) is 0 Å². The van der Waals surface area contributed by atoms with Crippen molar-refractivity contribution in [2.45, 2.75) is 39.5 Å². The fourth-order valence-electron chi connectivity index (χ4n) is 2.58. The van der Waals surface area contributed by atoms with Crippen molar-refractivity contribution in [2.24, 2.45) is 0 Å². The summed E-state index contributed by atoms with van der Waals surface area (Å²) in [6, 6.07) is 7.99. The van der Waals surface area contributed by atoms with Crippen molar-refractivity contribution in [1.82, 2.24) is 4.98 Å². The van der Waals surface area contributed by atoms with E-state index in [9.17, 15) is 4.79 Å². The molecule has 0 fully saturated rings. The number of fused-ring (bicyclic) bond motifs is 1. The van der Waals surface area contributed by atoms with Gasteiger partial charge < -0.3 is 9.72 Å². The van der Waals surface area contributed by atoms with Gasteiger partial charge in [0.25, 0.3) is 5.56 Å². The first-order valence-electron chi connectivity index (χ1n) is 7.42. The van der Waals surface area contributed by atoms with E-state index in [0.717, 1.165) is 60.9 Å². The van der Waals surface area contributed by atoms with Crippen LogP contribution in [0.2, 0.25) is 0 Å². The molecule has 0 saturated heterocycles. The standard InChI is InChI=1S/C17H23NO2/c1-3-20-12-8-4-5-10-15-13(2)14-9-6-7-11-16(14)18-17(15)19/h6-7,9,11H,3-5,8,10,12H2,1-2H3,(H,18,19). The predicted octanol–water partition coefficient (Wildman–Crippen LogP) is 3.59. The Morgan fingerprint density at radius 3 is 2.75 bits per heavy atom. The molecule has 0 saturated carbocycles. The van der Waals surface area contributed by atoms with Crippen molar-refractivity contribution < 1.29 is 4.74 Å². The number of para-hydroxylation sites is 1. The second-order valence-corrected chi connectivity index (χ2v) is 5.11. The number of unbranched alkanes of at least 4 members (excludes halogenated alkanes) is 2. The molecular formula is C17H23NO2. The number of benzene rings is 1. The van der Waals surface area contributed by atoms with Crippen LogP contribution in [0.15, 0.2) is 29.1 Å². The summed E-state index contributed by atoms with van der Waals surface area (Å²) in [6.45, 7) is 5.66. The molecule has 2 aromatic rings. The van der Waals surface area contributed by atoms with Gasteiger partial charge in [-0.05, 0) is 44.7 Å². The number of nitrogens with one attached hydrogen (secondary N) is 1. The predicted molar refractivity (Wildman–Crippen MR) is 83.4 cm³/mol. The van der Waals surface area contributed by atoms with Crippen LogP contribution >= 0.6 is 0 Å². The second kappa shape index (κ2) is 7.25. The van der Waals surface area contributed by atoms with Crippen LogP contribution in [0, 0.1) is 6.92 Å². The third kappa shape index (κ3) is 3.48. The zero-order valence-corrected chi connectivity index (χ0v) is 12.4. The minimum absolute atomic E-state index is 0.0611. The lowest BCUT2D eigenvalue weighted by Crippen LogP contribution is -2.15. The van der Waals surface area contributed by atoms with Gasteiger partial charge in [-0.1, -0.05) is 24.6 Å². The molecule has 0 radical (unpaired) electrons. The maximum atomic E-state index is 12.1. The molecule has 0 unspecified atom stereocenters. The minimum atomic E-state index is 0.0611. The summed E-state index contributed by atoms with van der Waals surface area (Å²) >= 11 is 0. The highest BCUT2D eigenvalue weighted by atomic mass is 16.5. The average molecular weight is 273 g/mol. The summed E-state index contributed by atoms with van der Waals surface area (Å²) in [5, 5.41) is 1.15. The van der Waals surface area contributed by atoms with E-state index in [1.165, 1.54) is 0 Å². The number of aromatic nitrogens is 1. The van der Waals surface area contributed by atoms with Crippen LogP contribution in [0.25, 0.3) is 10.9 Å². The van der Waals surface area contributed by atoms with Crippen molar-refractivity contribution in [3.63, 3.8) is 0 Å². The zero-order chi connectivity index (χ0) is 14.4. The number of hydrogen-bond donors (Lipinski definition) is 1. The largest absolute Gasteiger partial charge is 0.382 e. The Kier molecular flexibility index (Phi) is 5.36. The van der Waals surface area contributed by atoms with Crippen molar-refractivity contribution >= 4 is 10.9 Å². The van der Waals surface area contributed by atoms with Gasteiger partial charge in [0.15, 0.2) is 0 Å². The van der Waals surface area contributed by atoms with Gasteiger partial charge in [-0.15, -0.1) is 0 Å². The van der Waals surface area contributed by atoms with Gasteiger partial charge in [0.2, 0.25) is 0 Å². The Morgan fingerprint density at radius 2 is 1.95 bits per heavy atom. The molecule has 0 aliphatic carbocycles. The molecule has 0 aliphatic heterocycles. The van der Waals surface area contributed by atoms with E-state index in [1.807, 2.05) is 32.0 Å². The van der Waals surface area contributed by atoms with Gasteiger partial charge in [-0.25, -0.2) is 0 Å². The van der Waals surface area contributed by atoms with E-state index in [1.54, 1.807) is 0 Å². The first-order valence-corrected chi connectivity index (χ1v) is 7.42. The highest BCUT2D eigenvalue weighted by molar-refractivity contribution is 5.82. The Hall–Kier alpha value is -1.61. The molecule has 1 aromatic carbocycles. The van der Waals surface area contributed by atoms with E-state index >= 15 is 0 Å². The molecule has 0 atom stereocenters. The van der Waals surface area contributed by atoms with E-state index in [4.69, 9.17) is 4.74 Å². The fourth-order valence-corrected chi connectivity index (χ4v) is 2.58. The molecule has 20 heavy (non-hydrogen) atoms. The highest BCUT2D eigenvalue weighted by Gasteiger charge is 2.08. The lowest BCUT2D eigenvalue weighted by molar-refractivity contribution is 0.143. The molecule has 0 aliphatic rings. The number of pyridine rings is 1. The fraction of sp³-hybridized carbons (Fsp3) is 0.471. The molecule has 1 aromatic heterocycles. The topological polar surface area (TPSA) is 42.1 Å². The van der Waals surface area contributed by atoms with E-state index < -0.39 is 0 Å². The lowest BCUT2D eigenvalue weighted by Gasteiger charge is -2.08. The smallest absolute Gasteiger partial charge is 0.251 e. The van der Waals surface area contributed by atoms with E-state index in [2.05, 4.69) is 11.1 Å². The van der Waals surface area contributed by atoms with Gasteiger partial charge in [0.05, 0.1) is 0 Å². The number of aromatic amines is 1. The van der Waals surface area contributed by atoms with Gasteiger partial charge in [0.1, 0.15) is 0 Å². The van der Waals surface area contributed by atoms with Gasteiger partial charge >= 0.3 is 0 Å². The number of aryl methyl sites for hydroxylation is 1.